The quantitative estimate of drug-likeness (QED) is 0.686. The van der Waals surface area contributed by atoms with Crippen molar-refractivity contribution in [3.8, 4) is 0 Å². The molecule has 1 fully saturated rings. The molecule has 1 aliphatic heterocycles. The van der Waals surface area contributed by atoms with E-state index in [1.165, 1.54) is 12.8 Å². The van der Waals surface area contributed by atoms with Gasteiger partial charge in [-0.1, -0.05) is 0 Å². The van der Waals surface area contributed by atoms with E-state index in [1.54, 1.807) is 0 Å². The van der Waals surface area contributed by atoms with E-state index in [1.807, 2.05) is 0 Å². The van der Waals surface area contributed by atoms with Crippen LogP contribution in [0.2, 0.25) is 0 Å². The topological polar surface area (TPSA) is 44.9 Å². The summed E-state index contributed by atoms with van der Waals surface area (Å²) in [5.74, 6) is 1.62. The fourth-order valence-corrected chi connectivity index (χ4v) is 2.02. The van der Waals surface area contributed by atoms with Crippen LogP contribution < -0.4 is 5.73 Å². The molecule has 2 N–H and O–H groups in total. The van der Waals surface area contributed by atoms with Crippen LogP contribution in [0.25, 0.3) is 0 Å². The van der Waals surface area contributed by atoms with Gasteiger partial charge in [-0.2, -0.15) is 0 Å². The molecule has 2 aliphatic rings. The third-order valence-electron chi connectivity index (χ3n) is 3.09. The monoisotopic (exact) mass is 196 g/mol. The van der Waals surface area contributed by atoms with Crippen LogP contribution >= 0.6 is 0 Å². The van der Waals surface area contributed by atoms with Crippen LogP contribution in [0.3, 0.4) is 0 Å². The largest absolute Gasteiger partial charge is 0.370 e. The van der Waals surface area contributed by atoms with E-state index in [0.29, 0.717) is 6.04 Å². The van der Waals surface area contributed by atoms with Crippen molar-refractivity contribution in [2.45, 2.75) is 18.9 Å². The molecule has 0 radical (unpaired) electrons. The number of hydrogen-bond acceptors (Lipinski definition) is 4. The number of guanidine groups is 1. The number of rotatable bonds is 4. The molecule has 1 atom stereocenters. The summed E-state index contributed by atoms with van der Waals surface area (Å²) >= 11 is 0. The van der Waals surface area contributed by atoms with Crippen LogP contribution in [0.15, 0.2) is 4.99 Å². The summed E-state index contributed by atoms with van der Waals surface area (Å²) in [7, 11) is 4.19. The molecule has 1 heterocycles. The van der Waals surface area contributed by atoms with E-state index in [9.17, 15) is 0 Å². The molecule has 0 aromatic rings. The highest BCUT2D eigenvalue weighted by Crippen LogP contribution is 2.36. The second-order valence-electron chi connectivity index (χ2n) is 4.60. The molecule has 1 unspecified atom stereocenters. The Labute approximate surface area is 85.8 Å². The molecule has 0 amide bonds. The van der Waals surface area contributed by atoms with Crippen LogP contribution in [-0.2, 0) is 0 Å². The average molecular weight is 196 g/mol. The molecular weight excluding hydrogens is 176 g/mol. The highest BCUT2D eigenvalue weighted by molar-refractivity contribution is 5.80. The van der Waals surface area contributed by atoms with Gasteiger partial charge in [-0.3, -0.25) is 4.99 Å². The smallest absolute Gasteiger partial charge is 0.191 e. The Morgan fingerprint density at radius 1 is 1.50 bits per heavy atom. The fourth-order valence-electron chi connectivity index (χ4n) is 2.02. The minimum Gasteiger partial charge on any atom is -0.370 e. The molecule has 0 saturated heterocycles. The second kappa shape index (κ2) is 3.77. The van der Waals surface area contributed by atoms with Crippen LogP contribution in [-0.4, -0.2) is 55.5 Å². The normalized spacial score (nSPS) is 27.2. The Kier molecular flexibility index (Phi) is 2.63. The van der Waals surface area contributed by atoms with Gasteiger partial charge in [0.15, 0.2) is 5.96 Å². The van der Waals surface area contributed by atoms with Crippen molar-refractivity contribution in [1.29, 1.82) is 0 Å². The van der Waals surface area contributed by atoms with Gasteiger partial charge in [0.25, 0.3) is 0 Å². The van der Waals surface area contributed by atoms with Gasteiger partial charge < -0.3 is 15.5 Å². The molecule has 0 spiro atoms. The molecule has 4 heteroatoms. The van der Waals surface area contributed by atoms with Crippen molar-refractivity contribution >= 4 is 5.96 Å². The summed E-state index contributed by atoms with van der Waals surface area (Å²) < 4.78 is 0. The molecule has 80 valence electrons. The van der Waals surface area contributed by atoms with Crippen LogP contribution in [0.5, 0.6) is 0 Å². The third-order valence-corrected chi connectivity index (χ3v) is 3.09. The van der Waals surface area contributed by atoms with Crippen molar-refractivity contribution in [1.82, 2.24) is 9.80 Å². The highest BCUT2D eigenvalue weighted by atomic mass is 15.3. The maximum absolute atomic E-state index is 5.88. The molecule has 2 rings (SSSR count). The van der Waals surface area contributed by atoms with Crippen molar-refractivity contribution < 1.29 is 0 Å². The Bertz CT molecular complexity index is 232. The summed E-state index contributed by atoms with van der Waals surface area (Å²) in [4.78, 5) is 8.82. The molecule has 14 heavy (non-hydrogen) atoms. The standard InChI is InChI=1S/C10H20N4/c1-13(2)5-6-14-9(8-3-4-8)7-12-10(14)11/h8-9H,3-7H2,1-2H3,(H2,11,12). The first-order chi connectivity index (χ1) is 6.68. The zero-order valence-electron chi connectivity index (χ0n) is 9.11. The lowest BCUT2D eigenvalue weighted by molar-refractivity contribution is 0.272. The van der Waals surface area contributed by atoms with E-state index in [2.05, 4.69) is 28.9 Å². The summed E-state index contributed by atoms with van der Waals surface area (Å²) in [6.07, 6.45) is 2.73. The first kappa shape index (κ1) is 9.77. The van der Waals surface area contributed by atoms with Crippen LogP contribution in [0.4, 0.5) is 0 Å². The average Bonchev–Trinajstić information content (AvgIpc) is 2.88. The third kappa shape index (κ3) is 2.00. The van der Waals surface area contributed by atoms with E-state index >= 15 is 0 Å². The number of nitrogens with zero attached hydrogens (tertiary/aromatic N) is 3. The predicted molar refractivity (Wildman–Crippen MR) is 58.3 cm³/mol. The lowest BCUT2D eigenvalue weighted by Crippen LogP contribution is -2.45. The molecule has 0 aromatic heterocycles. The molecule has 1 aliphatic carbocycles. The minimum absolute atomic E-state index is 0.606. The van der Waals surface area contributed by atoms with Crippen molar-refractivity contribution in [3.05, 3.63) is 0 Å². The van der Waals surface area contributed by atoms with E-state index in [0.717, 1.165) is 31.5 Å². The maximum Gasteiger partial charge on any atom is 0.191 e. The Hall–Kier alpha value is -0.770. The SMILES string of the molecule is CN(C)CCN1C(N)=NCC1C1CC1. The van der Waals surface area contributed by atoms with Crippen molar-refractivity contribution in [3.63, 3.8) is 0 Å². The van der Waals surface area contributed by atoms with E-state index in [-0.39, 0.29) is 0 Å². The summed E-state index contributed by atoms with van der Waals surface area (Å²) in [6, 6.07) is 0.606. The Morgan fingerprint density at radius 2 is 2.21 bits per heavy atom. The lowest BCUT2D eigenvalue weighted by Gasteiger charge is -2.27. The van der Waals surface area contributed by atoms with Gasteiger partial charge in [0, 0.05) is 13.1 Å². The van der Waals surface area contributed by atoms with Gasteiger partial charge >= 0.3 is 0 Å². The number of nitrogens with two attached hydrogens (primary N) is 1. The van der Waals surface area contributed by atoms with E-state index in [4.69, 9.17) is 5.73 Å². The van der Waals surface area contributed by atoms with Crippen molar-refractivity contribution in [2.24, 2.45) is 16.6 Å². The Morgan fingerprint density at radius 3 is 2.79 bits per heavy atom. The number of likely N-dealkylation sites (N-methyl/N-ethyl adjacent to an activating group) is 1. The van der Waals surface area contributed by atoms with Gasteiger partial charge in [0.2, 0.25) is 0 Å². The van der Waals surface area contributed by atoms with Gasteiger partial charge in [0.1, 0.15) is 0 Å². The van der Waals surface area contributed by atoms with Gasteiger partial charge in [-0.25, -0.2) is 0 Å². The zero-order chi connectivity index (χ0) is 10.1. The number of aliphatic imine (C=N–C) groups is 1. The first-order valence-electron chi connectivity index (χ1n) is 5.40. The zero-order valence-corrected chi connectivity index (χ0v) is 9.11. The highest BCUT2D eigenvalue weighted by Gasteiger charge is 2.38. The van der Waals surface area contributed by atoms with Crippen molar-refractivity contribution in [2.75, 3.05) is 33.7 Å². The van der Waals surface area contributed by atoms with Gasteiger partial charge in [0.05, 0.1) is 12.6 Å². The maximum atomic E-state index is 5.88. The van der Waals surface area contributed by atoms with Crippen LogP contribution in [0.1, 0.15) is 12.8 Å². The minimum atomic E-state index is 0.606. The first-order valence-corrected chi connectivity index (χ1v) is 5.40. The molecule has 4 nitrogen and oxygen atoms in total. The van der Waals surface area contributed by atoms with Gasteiger partial charge in [-0.15, -0.1) is 0 Å². The van der Waals surface area contributed by atoms with Gasteiger partial charge in [-0.05, 0) is 32.9 Å². The second-order valence-corrected chi connectivity index (χ2v) is 4.60. The predicted octanol–water partition coefficient (Wildman–Crippen LogP) is -0.0431. The fraction of sp³-hybridized carbons (Fsp3) is 0.900. The Balaban J connectivity index is 1.88. The lowest BCUT2D eigenvalue weighted by atomic mass is 10.2. The molecular formula is C10H20N4. The van der Waals surface area contributed by atoms with E-state index < -0.39 is 0 Å². The number of hydrogen-bond donors (Lipinski definition) is 1. The van der Waals surface area contributed by atoms with Crippen LogP contribution in [0, 0.1) is 5.92 Å². The summed E-state index contributed by atoms with van der Waals surface area (Å²) in [5.41, 5.74) is 5.88. The molecule has 0 aromatic carbocycles. The summed E-state index contributed by atoms with van der Waals surface area (Å²) in [5, 5.41) is 0. The summed E-state index contributed by atoms with van der Waals surface area (Å²) in [6.45, 7) is 2.99. The molecule has 1 saturated carbocycles. The molecule has 0 bridgehead atoms.